The van der Waals surface area contributed by atoms with Gasteiger partial charge in [0.25, 0.3) is 5.91 Å². The number of hydrogen-bond acceptors (Lipinski definition) is 3. The smallest absolute Gasteiger partial charge is 0.290 e. The van der Waals surface area contributed by atoms with Crippen molar-refractivity contribution in [1.29, 1.82) is 0 Å². The molecule has 0 spiro atoms. The molecular weight excluding hydrogens is 288 g/mol. The zero-order valence-corrected chi connectivity index (χ0v) is 13.2. The number of aryl methyl sites for hydroxylation is 1. The fraction of sp³-hybridized carbons (Fsp3) is 0.400. The number of amides is 1. The van der Waals surface area contributed by atoms with E-state index in [1.54, 1.807) is 16.8 Å². The first-order valence-corrected chi connectivity index (χ1v) is 7.33. The molecule has 1 aromatic heterocycles. The van der Waals surface area contributed by atoms with Gasteiger partial charge in [-0.15, -0.1) is 5.10 Å². The normalized spacial score (nSPS) is 10.9. The third-order valence-electron chi connectivity index (χ3n) is 3.05. The summed E-state index contributed by atoms with van der Waals surface area (Å²) in [6.45, 7) is 6.67. The maximum atomic E-state index is 12.0. The SMILES string of the molecule is Cc1nc(C(=O)NCCC(C)C)nn1-c1ccc(Cl)cc1. The Hall–Kier alpha value is -1.88. The minimum Gasteiger partial charge on any atom is -0.349 e. The zero-order valence-electron chi connectivity index (χ0n) is 12.4. The molecular formula is C15H19ClN4O. The van der Waals surface area contributed by atoms with Crippen molar-refractivity contribution in [3.05, 3.63) is 40.9 Å². The van der Waals surface area contributed by atoms with E-state index in [-0.39, 0.29) is 11.7 Å². The van der Waals surface area contributed by atoms with E-state index in [4.69, 9.17) is 11.6 Å². The fourth-order valence-electron chi connectivity index (χ4n) is 1.87. The Morgan fingerprint density at radius 1 is 1.33 bits per heavy atom. The molecule has 1 N–H and O–H groups in total. The van der Waals surface area contributed by atoms with Gasteiger partial charge in [-0.2, -0.15) is 0 Å². The first-order valence-electron chi connectivity index (χ1n) is 6.95. The quantitative estimate of drug-likeness (QED) is 0.923. The van der Waals surface area contributed by atoms with Crippen LogP contribution in [0.3, 0.4) is 0 Å². The summed E-state index contributed by atoms with van der Waals surface area (Å²) in [7, 11) is 0. The number of nitrogens with zero attached hydrogens (tertiary/aromatic N) is 3. The number of rotatable bonds is 5. The molecule has 1 amide bonds. The molecule has 0 fully saturated rings. The third-order valence-corrected chi connectivity index (χ3v) is 3.30. The third kappa shape index (κ3) is 4.04. The van der Waals surface area contributed by atoms with Crippen molar-refractivity contribution < 1.29 is 4.79 Å². The Bertz CT molecular complexity index is 619. The van der Waals surface area contributed by atoms with Crippen LogP contribution in [0.2, 0.25) is 5.02 Å². The van der Waals surface area contributed by atoms with Gasteiger partial charge in [0.05, 0.1) is 5.69 Å². The zero-order chi connectivity index (χ0) is 15.4. The number of carbonyl (C=O) groups excluding carboxylic acids is 1. The van der Waals surface area contributed by atoms with Crippen LogP contribution in [0.25, 0.3) is 5.69 Å². The fourth-order valence-corrected chi connectivity index (χ4v) is 1.99. The van der Waals surface area contributed by atoms with Crippen LogP contribution in [0.1, 0.15) is 36.7 Å². The summed E-state index contributed by atoms with van der Waals surface area (Å²) in [5.41, 5.74) is 0.825. The molecule has 0 bridgehead atoms. The summed E-state index contributed by atoms with van der Waals surface area (Å²) >= 11 is 5.87. The van der Waals surface area contributed by atoms with Gasteiger partial charge in [-0.1, -0.05) is 25.4 Å². The van der Waals surface area contributed by atoms with E-state index in [9.17, 15) is 4.79 Å². The average molecular weight is 307 g/mol. The van der Waals surface area contributed by atoms with E-state index < -0.39 is 0 Å². The second kappa shape index (κ2) is 6.72. The van der Waals surface area contributed by atoms with Crippen LogP contribution < -0.4 is 5.32 Å². The maximum Gasteiger partial charge on any atom is 0.290 e. The van der Waals surface area contributed by atoms with E-state index in [1.165, 1.54) is 0 Å². The lowest BCUT2D eigenvalue weighted by atomic mass is 10.1. The Morgan fingerprint density at radius 2 is 2.00 bits per heavy atom. The topological polar surface area (TPSA) is 59.8 Å². The van der Waals surface area contributed by atoms with Gasteiger partial charge in [0.15, 0.2) is 0 Å². The van der Waals surface area contributed by atoms with Crippen molar-refractivity contribution in [3.8, 4) is 5.69 Å². The lowest BCUT2D eigenvalue weighted by Gasteiger charge is -2.04. The van der Waals surface area contributed by atoms with E-state index >= 15 is 0 Å². The Balaban J connectivity index is 2.11. The van der Waals surface area contributed by atoms with Crippen LogP contribution in [-0.2, 0) is 0 Å². The molecule has 112 valence electrons. The molecule has 0 aliphatic rings. The highest BCUT2D eigenvalue weighted by Crippen LogP contribution is 2.14. The molecule has 5 nitrogen and oxygen atoms in total. The van der Waals surface area contributed by atoms with Crippen LogP contribution >= 0.6 is 11.6 Å². The van der Waals surface area contributed by atoms with Gasteiger partial charge in [-0.05, 0) is 43.5 Å². The predicted octanol–water partition coefficient (Wildman–Crippen LogP) is 3.01. The Labute approximate surface area is 129 Å². The number of hydrogen-bond donors (Lipinski definition) is 1. The molecule has 1 heterocycles. The molecule has 1 aromatic carbocycles. The summed E-state index contributed by atoms with van der Waals surface area (Å²) in [4.78, 5) is 16.2. The molecule has 6 heteroatoms. The highest BCUT2D eigenvalue weighted by molar-refractivity contribution is 6.30. The molecule has 0 saturated heterocycles. The van der Waals surface area contributed by atoms with Crippen molar-refractivity contribution in [2.75, 3.05) is 6.54 Å². The molecule has 0 radical (unpaired) electrons. The van der Waals surface area contributed by atoms with E-state index in [1.807, 2.05) is 19.1 Å². The number of nitrogens with one attached hydrogen (secondary N) is 1. The number of carbonyl (C=O) groups is 1. The summed E-state index contributed by atoms with van der Waals surface area (Å²) in [5, 5.41) is 7.75. The van der Waals surface area contributed by atoms with Crippen LogP contribution in [-0.4, -0.2) is 27.2 Å². The molecule has 0 unspecified atom stereocenters. The van der Waals surface area contributed by atoms with Crippen molar-refractivity contribution in [3.63, 3.8) is 0 Å². The van der Waals surface area contributed by atoms with Gasteiger partial charge in [-0.25, -0.2) is 9.67 Å². The average Bonchev–Trinajstić information content (AvgIpc) is 2.81. The second-order valence-electron chi connectivity index (χ2n) is 5.31. The molecule has 0 saturated carbocycles. The van der Waals surface area contributed by atoms with E-state index in [0.717, 1.165) is 12.1 Å². The monoisotopic (exact) mass is 306 g/mol. The van der Waals surface area contributed by atoms with Crippen LogP contribution in [0.5, 0.6) is 0 Å². The van der Waals surface area contributed by atoms with E-state index in [2.05, 4.69) is 29.2 Å². The summed E-state index contributed by atoms with van der Waals surface area (Å²) in [6, 6.07) is 7.23. The lowest BCUT2D eigenvalue weighted by molar-refractivity contribution is 0.0941. The molecule has 0 aliphatic heterocycles. The van der Waals surface area contributed by atoms with Gasteiger partial charge in [0.1, 0.15) is 5.82 Å². The second-order valence-corrected chi connectivity index (χ2v) is 5.75. The van der Waals surface area contributed by atoms with Crippen LogP contribution in [0, 0.1) is 12.8 Å². The molecule has 0 aliphatic carbocycles. The van der Waals surface area contributed by atoms with Crippen LogP contribution in [0.4, 0.5) is 0 Å². The number of benzene rings is 1. The van der Waals surface area contributed by atoms with Gasteiger partial charge < -0.3 is 5.32 Å². The number of halogens is 1. The van der Waals surface area contributed by atoms with Crippen molar-refractivity contribution in [1.82, 2.24) is 20.1 Å². The molecule has 21 heavy (non-hydrogen) atoms. The van der Waals surface area contributed by atoms with Gasteiger partial charge in [0.2, 0.25) is 5.82 Å². The molecule has 0 atom stereocenters. The van der Waals surface area contributed by atoms with Gasteiger partial charge in [0, 0.05) is 11.6 Å². The standard InChI is InChI=1S/C15H19ClN4O/c1-10(2)8-9-17-15(21)14-18-11(3)20(19-14)13-6-4-12(16)5-7-13/h4-7,10H,8-9H2,1-3H3,(H,17,21). The lowest BCUT2D eigenvalue weighted by Crippen LogP contribution is -2.26. The summed E-state index contributed by atoms with van der Waals surface area (Å²) in [6.07, 6.45) is 0.933. The minimum atomic E-state index is -0.244. The van der Waals surface area contributed by atoms with Gasteiger partial charge >= 0.3 is 0 Å². The molecule has 2 rings (SSSR count). The maximum absolute atomic E-state index is 12.0. The van der Waals surface area contributed by atoms with Crippen molar-refractivity contribution in [2.24, 2.45) is 5.92 Å². The van der Waals surface area contributed by atoms with Crippen molar-refractivity contribution in [2.45, 2.75) is 27.2 Å². The summed E-state index contributed by atoms with van der Waals surface area (Å²) < 4.78 is 1.63. The highest BCUT2D eigenvalue weighted by atomic mass is 35.5. The molecule has 2 aromatic rings. The Morgan fingerprint density at radius 3 is 2.62 bits per heavy atom. The van der Waals surface area contributed by atoms with E-state index in [0.29, 0.717) is 23.3 Å². The highest BCUT2D eigenvalue weighted by Gasteiger charge is 2.14. The first kappa shape index (κ1) is 15.5. The predicted molar refractivity (Wildman–Crippen MR) is 82.9 cm³/mol. The van der Waals surface area contributed by atoms with Crippen LogP contribution in [0.15, 0.2) is 24.3 Å². The van der Waals surface area contributed by atoms with Gasteiger partial charge in [-0.3, -0.25) is 4.79 Å². The Kier molecular flexibility index (Phi) is 4.96. The largest absolute Gasteiger partial charge is 0.349 e. The first-order chi connectivity index (χ1) is 9.97. The summed E-state index contributed by atoms with van der Waals surface area (Å²) in [5.74, 6) is 1.15. The minimum absolute atomic E-state index is 0.186. The van der Waals surface area contributed by atoms with Crippen molar-refractivity contribution >= 4 is 17.5 Å². The number of aromatic nitrogens is 3.